The Morgan fingerprint density at radius 3 is 2.56 bits per heavy atom. The molecule has 1 rings (SSSR count). The molecule has 0 bridgehead atoms. The van der Waals surface area contributed by atoms with Gasteiger partial charge in [0.2, 0.25) is 5.91 Å². The maximum absolute atomic E-state index is 11.7. The number of carbonyl (C=O) groups is 2. The van der Waals surface area contributed by atoms with Gasteiger partial charge in [-0.05, 0) is 6.07 Å². The lowest BCUT2D eigenvalue weighted by molar-refractivity contribution is -0.140. The quantitative estimate of drug-likeness (QED) is 0.709. The monoisotopic (exact) mass is 271 g/mol. The highest BCUT2D eigenvalue weighted by atomic mass is 32.2. The molecule has 7 nitrogen and oxygen atoms in total. The first-order valence-electron chi connectivity index (χ1n) is 5.10. The van der Waals surface area contributed by atoms with Crippen LogP contribution in [0.2, 0.25) is 0 Å². The molecule has 18 heavy (non-hydrogen) atoms. The molecule has 1 aromatic rings. The zero-order chi connectivity index (χ0) is 13.5. The molecule has 1 heterocycles. The minimum absolute atomic E-state index is 0.0597. The molecule has 0 aliphatic rings. The fourth-order valence-electron chi connectivity index (χ4n) is 1.21. The van der Waals surface area contributed by atoms with Gasteiger partial charge in [0.05, 0.1) is 11.5 Å². The highest BCUT2D eigenvalue weighted by Crippen LogP contribution is 1.98. The molecule has 1 unspecified atom stereocenters. The van der Waals surface area contributed by atoms with Gasteiger partial charge in [-0.15, -0.1) is 0 Å². The largest absolute Gasteiger partial charge is 0.480 e. The van der Waals surface area contributed by atoms with Crippen LogP contribution in [-0.2, 0) is 26.1 Å². The van der Waals surface area contributed by atoms with Gasteiger partial charge in [-0.2, -0.15) is 0 Å². The topological polar surface area (TPSA) is 109 Å². The molecular formula is C10H13N3O4S. The average Bonchev–Trinajstić information content (AvgIpc) is 2.28. The third-order valence-electron chi connectivity index (χ3n) is 1.94. The van der Waals surface area contributed by atoms with Crippen molar-refractivity contribution >= 4 is 22.7 Å². The Kier molecular flexibility index (Phi) is 5.37. The standard InChI is InChI=1S/C10H13N3O4S/c1-7(14)13-8(10(15)16)5-18(17)6-9-11-3-2-4-12-9/h2-4,8H,5-6H2,1H3,(H,13,14)(H,15,16)/t8-,18?/m0/s1. The predicted octanol–water partition coefficient (Wildman–Crippen LogP) is -0.685. The third-order valence-corrected chi connectivity index (χ3v) is 3.22. The Morgan fingerprint density at radius 1 is 1.44 bits per heavy atom. The molecular weight excluding hydrogens is 258 g/mol. The van der Waals surface area contributed by atoms with E-state index in [-0.39, 0.29) is 11.5 Å². The van der Waals surface area contributed by atoms with Gasteiger partial charge in [-0.1, -0.05) is 0 Å². The van der Waals surface area contributed by atoms with E-state index >= 15 is 0 Å². The number of rotatable bonds is 6. The molecule has 0 radical (unpaired) electrons. The van der Waals surface area contributed by atoms with E-state index in [1.165, 1.54) is 19.3 Å². The molecule has 0 aliphatic heterocycles. The number of carboxylic acid groups (broad SMARTS) is 1. The molecule has 0 spiro atoms. The van der Waals surface area contributed by atoms with Crippen LogP contribution < -0.4 is 5.32 Å². The zero-order valence-electron chi connectivity index (χ0n) is 9.70. The summed E-state index contributed by atoms with van der Waals surface area (Å²) in [6.07, 6.45) is 3.03. The van der Waals surface area contributed by atoms with Crippen molar-refractivity contribution in [3.63, 3.8) is 0 Å². The Hall–Kier alpha value is -1.83. The summed E-state index contributed by atoms with van der Waals surface area (Å²) in [6, 6.07) is 0.469. The summed E-state index contributed by atoms with van der Waals surface area (Å²) in [4.78, 5) is 29.4. The van der Waals surface area contributed by atoms with E-state index < -0.39 is 28.7 Å². The van der Waals surface area contributed by atoms with E-state index in [2.05, 4.69) is 15.3 Å². The van der Waals surface area contributed by atoms with Crippen LogP contribution in [0.1, 0.15) is 12.7 Å². The highest BCUT2D eigenvalue weighted by Gasteiger charge is 2.21. The number of carbonyl (C=O) groups excluding carboxylic acids is 1. The minimum Gasteiger partial charge on any atom is -0.480 e. The first-order chi connectivity index (χ1) is 8.49. The fourth-order valence-corrected chi connectivity index (χ4v) is 2.37. The molecule has 0 saturated heterocycles. The van der Waals surface area contributed by atoms with Crippen molar-refractivity contribution in [1.82, 2.24) is 15.3 Å². The number of aliphatic carboxylic acids is 1. The summed E-state index contributed by atoms with van der Waals surface area (Å²) < 4.78 is 11.7. The number of nitrogens with one attached hydrogen (secondary N) is 1. The van der Waals surface area contributed by atoms with Gasteiger partial charge < -0.3 is 10.4 Å². The van der Waals surface area contributed by atoms with E-state index in [0.717, 1.165) is 0 Å². The number of hydrogen-bond acceptors (Lipinski definition) is 5. The lowest BCUT2D eigenvalue weighted by Crippen LogP contribution is -2.43. The molecule has 0 saturated carbocycles. The van der Waals surface area contributed by atoms with Gasteiger partial charge in [0.15, 0.2) is 0 Å². The zero-order valence-corrected chi connectivity index (χ0v) is 10.5. The van der Waals surface area contributed by atoms with E-state index in [4.69, 9.17) is 5.11 Å². The van der Waals surface area contributed by atoms with Crippen LogP contribution in [0.4, 0.5) is 0 Å². The van der Waals surface area contributed by atoms with Crippen LogP contribution >= 0.6 is 0 Å². The first kappa shape index (κ1) is 14.2. The predicted molar refractivity (Wildman–Crippen MR) is 64.0 cm³/mol. The molecule has 0 fully saturated rings. The van der Waals surface area contributed by atoms with Crippen LogP contribution in [0, 0.1) is 0 Å². The number of hydrogen-bond donors (Lipinski definition) is 2. The van der Waals surface area contributed by atoms with Crippen molar-refractivity contribution in [2.45, 2.75) is 18.7 Å². The average molecular weight is 271 g/mol. The van der Waals surface area contributed by atoms with E-state index in [0.29, 0.717) is 5.82 Å². The molecule has 0 aliphatic carbocycles. The molecule has 8 heteroatoms. The van der Waals surface area contributed by atoms with Gasteiger partial charge in [-0.25, -0.2) is 14.8 Å². The molecule has 2 N–H and O–H groups in total. The minimum atomic E-state index is -1.46. The Bertz CT molecular complexity index is 452. The van der Waals surface area contributed by atoms with Gasteiger partial charge in [-0.3, -0.25) is 9.00 Å². The van der Waals surface area contributed by atoms with Crippen LogP contribution in [0.15, 0.2) is 18.5 Å². The lowest BCUT2D eigenvalue weighted by atomic mass is 10.3. The van der Waals surface area contributed by atoms with E-state index in [1.54, 1.807) is 6.07 Å². The van der Waals surface area contributed by atoms with Crippen LogP contribution in [0.3, 0.4) is 0 Å². The summed E-state index contributed by atoms with van der Waals surface area (Å²) in [5.74, 6) is -1.43. The summed E-state index contributed by atoms with van der Waals surface area (Å²) in [5, 5.41) is 11.1. The van der Waals surface area contributed by atoms with Crippen LogP contribution in [0.25, 0.3) is 0 Å². The summed E-state index contributed by atoms with van der Waals surface area (Å²) in [6.45, 7) is 1.21. The second-order valence-electron chi connectivity index (χ2n) is 3.51. The maximum atomic E-state index is 11.7. The SMILES string of the molecule is CC(=O)N[C@@H](CS(=O)Cc1ncccn1)C(=O)O. The second-order valence-corrected chi connectivity index (χ2v) is 5.01. The Balaban J connectivity index is 2.56. The van der Waals surface area contributed by atoms with Gasteiger partial charge in [0.25, 0.3) is 0 Å². The summed E-state index contributed by atoms with van der Waals surface area (Å²) >= 11 is 0. The van der Waals surface area contributed by atoms with Crippen LogP contribution in [-0.4, -0.2) is 43.0 Å². The summed E-state index contributed by atoms with van der Waals surface area (Å²) in [5.41, 5.74) is 0. The van der Waals surface area contributed by atoms with Crippen molar-refractivity contribution in [3.8, 4) is 0 Å². The molecule has 1 amide bonds. The van der Waals surface area contributed by atoms with E-state index in [1.807, 2.05) is 0 Å². The Morgan fingerprint density at radius 2 is 2.06 bits per heavy atom. The maximum Gasteiger partial charge on any atom is 0.327 e. The highest BCUT2D eigenvalue weighted by molar-refractivity contribution is 7.84. The number of nitrogens with zero attached hydrogens (tertiary/aromatic N) is 2. The van der Waals surface area contributed by atoms with Gasteiger partial charge in [0.1, 0.15) is 11.9 Å². The van der Waals surface area contributed by atoms with Crippen molar-refractivity contribution in [3.05, 3.63) is 24.3 Å². The number of carboxylic acids is 1. The van der Waals surface area contributed by atoms with Crippen molar-refractivity contribution in [1.29, 1.82) is 0 Å². The van der Waals surface area contributed by atoms with Crippen molar-refractivity contribution < 1.29 is 18.9 Å². The number of aromatic nitrogens is 2. The van der Waals surface area contributed by atoms with Crippen molar-refractivity contribution in [2.75, 3.05) is 5.75 Å². The molecule has 2 atom stereocenters. The molecule has 0 aromatic carbocycles. The Labute approximate surface area is 106 Å². The normalized spacial score (nSPS) is 13.6. The third kappa shape index (κ3) is 5.00. The second kappa shape index (κ2) is 6.80. The summed E-state index contributed by atoms with van der Waals surface area (Å²) in [7, 11) is -1.46. The van der Waals surface area contributed by atoms with Gasteiger partial charge in [0, 0.05) is 30.1 Å². The van der Waals surface area contributed by atoms with E-state index in [9.17, 15) is 13.8 Å². The molecule has 98 valence electrons. The smallest absolute Gasteiger partial charge is 0.327 e. The van der Waals surface area contributed by atoms with Crippen LogP contribution in [0.5, 0.6) is 0 Å². The lowest BCUT2D eigenvalue weighted by Gasteiger charge is -2.12. The fraction of sp³-hybridized carbons (Fsp3) is 0.400. The number of amides is 1. The van der Waals surface area contributed by atoms with Crippen molar-refractivity contribution in [2.24, 2.45) is 0 Å². The van der Waals surface area contributed by atoms with Gasteiger partial charge >= 0.3 is 5.97 Å². The molecule has 1 aromatic heterocycles. The first-order valence-corrected chi connectivity index (χ1v) is 6.58.